The van der Waals surface area contributed by atoms with Crippen LogP contribution in [0.2, 0.25) is 0 Å². The van der Waals surface area contributed by atoms with E-state index in [2.05, 4.69) is 177 Å². The third kappa shape index (κ3) is 5.47. The molecule has 250 valence electrons. The molecule has 0 spiro atoms. The van der Waals surface area contributed by atoms with E-state index in [0.29, 0.717) is 0 Å². The lowest BCUT2D eigenvalue weighted by molar-refractivity contribution is 0.443. The number of fused-ring (bicyclic) bond motifs is 4. The lowest BCUT2D eigenvalue weighted by Crippen LogP contribution is -2.17. The van der Waals surface area contributed by atoms with Crippen molar-refractivity contribution in [2.45, 2.75) is 64.2 Å². The van der Waals surface area contributed by atoms with Crippen LogP contribution >= 0.6 is 0 Å². The number of aryl methyl sites for hydroxylation is 1. The van der Waals surface area contributed by atoms with Crippen LogP contribution in [-0.4, -0.2) is 0 Å². The molecule has 1 fully saturated rings. The van der Waals surface area contributed by atoms with Crippen LogP contribution in [0.1, 0.15) is 74.1 Å². The van der Waals surface area contributed by atoms with Gasteiger partial charge in [0.05, 0.1) is 5.69 Å². The predicted octanol–water partition coefficient (Wildman–Crippen LogP) is 14.3. The monoisotopic (exact) mass is 659 g/mol. The summed E-state index contributed by atoms with van der Waals surface area (Å²) >= 11 is 0. The van der Waals surface area contributed by atoms with Gasteiger partial charge >= 0.3 is 0 Å². The van der Waals surface area contributed by atoms with E-state index in [-0.39, 0.29) is 5.41 Å². The van der Waals surface area contributed by atoms with E-state index in [9.17, 15) is 0 Å². The van der Waals surface area contributed by atoms with E-state index in [1.54, 1.807) is 0 Å². The van der Waals surface area contributed by atoms with Gasteiger partial charge in [-0.1, -0.05) is 154 Å². The first-order chi connectivity index (χ1) is 25.0. The molecule has 2 aliphatic carbocycles. The number of hydrogen-bond donors (Lipinski definition) is 0. The molecule has 1 nitrogen and oxygen atoms in total. The standard InChI is InChI=1S/C50H45N/c1-34-13-12-20-45-48(34)44-31-30-42(33-46(44)50(45,2)3)51(47-32-27-39-16-10-11-19-43(39)49(47)40-17-8-5-9-18-40)41-28-25-38(26-29-41)37-23-21-36(22-24-37)35-14-6-4-7-15-35/h5,8-13,16-33,35H,4,6-7,14-15H2,1-3H3. The van der Waals surface area contributed by atoms with Crippen LogP contribution in [0.5, 0.6) is 0 Å². The van der Waals surface area contributed by atoms with Gasteiger partial charge in [0.15, 0.2) is 0 Å². The Kier molecular flexibility index (Phi) is 7.88. The average Bonchev–Trinajstić information content (AvgIpc) is 3.42. The molecule has 0 heterocycles. The van der Waals surface area contributed by atoms with Gasteiger partial charge in [-0.25, -0.2) is 0 Å². The summed E-state index contributed by atoms with van der Waals surface area (Å²) in [6.45, 7) is 7.01. The van der Waals surface area contributed by atoms with Crippen molar-refractivity contribution in [2.24, 2.45) is 0 Å². The molecular weight excluding hydrogens is 615 g/mol. The Bertz CT molecular complexity index is 2360. The number of benzene rings is 7. The lowest BCUT2D eigenvalue weighted by Gasteiger charge is -2.30. The van der Waals surface area contributed by atoms with Crippen molar-refractivity contribution in [2.75, 3.05) is 4.90 Å². The van der Waals surface area contributed by atoms with Gasteiger partial charge in [-0.15, -0.1) is 0 Å². The summed E-state index contributed by atoms with van der Waals surface area (Å²) in [5, 5.41) is 2.50. The minimum Gasteiger partial charge on any atom is -0.310 e. The molecule has 0 amide bonds. The maximum atomic E-state index is 2.48. The Morgan fingerprint density at radius 3 is 1.98 bits per heavy atom. The van der Waals surface area contributed by atoms with E-state index in [0.717, 1.165) is 11.6 Å². The summed E-state index contributed by atoms with van der Waals surface area (Å²) in [4.78, 5) is 2.48. The first kappa shape index (κ1) is 31.6. The van der Waals surface area contributed by atoms with Gasteiger partial charge in [0, 0.05) is 22.4 Å². The quantitative estimate of drug-likeness (QED) is 0.172. The summed E-state index contributed by atoms with van der Waals surface area (Å²) in [6, 6.07) is 56.8. The van der Waals surface area contributed by atoms with Crippen molar-refractivity contribution >= 4 is 27.8 Å². The third-order valence-electron chi connectivity index (χ3n) is 11.8. The van der Waals surface area contributed by atoms with Gasteiger partial charge in [-0.3, -0.25) is 0 Å². The zero-order valence-corrected chi connectivity index (χ0v) is 30.0. The van der Waals surface area contributed by atoms with Crippen LogP contribution in [0.15, 0.2) is 152 Å². The van der Waals surface area contributed by atoms with E-state index >= 15 is 0 Å². The Labute approximate surface area is 303 Å². The molecule has 51 heavy (non-hydrogen) atoms. The molecule has 0 aromatic heterocycles. The van der Waals surface area contributed by atoms with Gasteiger partial charge < -0.3 is 4.90 Å². The minimum absolute atomic E-state index is 0.0995. The van der Waals surface area contributed by atoms with Crippen LogP contribution in [0, 0.1) is 6.92 Å². The Morgan fingerprint density at radius 1 is 0.529 bits per heavy atom. The fourth-order valence-electron chi connectivity index (χ4n) is 9.07. The molecule has 0 aliphatic heterocycles. The number of anilines is 3. The van der Waals surface area contributed by atoms with Crippen molar-refractivity contribution in [3.63, 3.8) is 0 Å². The van der Waals surface area contributed by atoms with E-state index in [1.807, 2.05) is 0 Å². The lowest BCUT2D eigenvalue weighted by atomic mass is 9.82. The van der Waals surface area contributed by atoms with Crippen molar-refractivity contribution in [3.8, 4) is 33.4 Å². The maximum absolute atomic E-state index is 2.48. The molecular formula is C50H45N. The van der Waals surface area contributed by atoms with Crippen LogP contribution in [0.25, 0.3) is 44.2 Å². The zero-order chi connectivity index (χ0) is 34.5. The fourth-order valence-corrected chi connectivity index (χ4v) is 9.07. The van der Waals surface area contributed by atoms with Crippen molar-refractivity contribution in [3.05, 3.63) is 174 Å². The molecule has 9 rings (SSSR count). The van der Waals surface area contributed by atoms with Crippen LogP contribution < -0.4 is 4.90 Å². The Balaban J connectivity index is 1.20. The summed E-state index contributed by atoms with van der Waals surface area (Å²) in [6.07, 6.45) is 6.77. The molecule has 1 saturated carbocycles. The van der Waals surface area contributed by atoms with E-state index < -0.39 is 0 Å². The summed E-state index contributed by atoms with van der Waals surface area (Å²) < 4.78 is 0. The topological polar surface area (TPSA) is 3.24 Å². The highest BCUT2D eigenvalue weighted by atomic mass is 15.1. The largest absolute Gasteiger partial charge is 0.310 e. The number of hydrogen-bond acceptors (Lipinski definition) is 1. The average molecular weight is 660 g/mol. The van der Waals surface area contributed by atoms with Crippen molar-refractivity contribution in [1.82, 2.24) is 0 Å². The molecule has 1 heteroatoms. The zero-order valence-electron chi connectivity index (χ0n) is 30.0. The smallest absolute Gasteiger partial charge is 0.0546 e. The minimum atomic E-state index is -0.0995. The predicted molar refractivity (Wildman–Crippen MR) is 218 cm³/mol. The second kappa shape index (κ2) is 12.7. The molecule has 0 unspecified atom stereocenters. The molecule has 0 N–H and O–H groups in total. The molecule has 0 radical (unpaired) electrons. The first-order valence-electron chi connectivity index (χ1n) is 18.8. The third-order valence-corrected chi connectivity index (χ3v) is 11.8. The van der Waals surface area contributed by atoms with Gasteiger partial charge in [0.1, 0.15) is 0 Å². The fraction of sp³-hybridized carbons (Fsp3) is 0.200. The second-order valence-corrected chi connectivity index (χ2v) is 15.2. The van der Waals surface area contributed by atoms with Gasteiger partial charge in [0.2, 0.25) is 0 Å². The van der Waals surface area contributed by atoms with E-state index in [1.165, 1.54) is 110 Å². The van der Waals surface area contributed by atoms with Crippen molar-refractivity contribution < 1.29 is 0 Å². The first-order valence-corrected chi connectivity index (χ1v) is 18.8. The molecule has 7 aromatic carbocycles. The summed E-state index contributed by atoms with van der Waals surface area (Å²) in [5.41, 5.74) is 16.8. The molecule has 0 saturated heterocycles. The van der Waals surface area contributed by atoms with Crippen LogP contribution in [0.4, 0.5) is 17.1 Å². The van der Waals surface area contributed by atoms with Crippen LogP contribution in [0.3, 0.4) is 0 Å². The summed E-state index contributed by atoms with van der Waals surface area (Å²) in [5.74, 6) is 0.721. The van der Waals surface area contributed by atoms with Gasteiger partial charge in [-0.05, 0) is 117 Å². The maximum Gasteiger partial charge on any atom is 0.0546 e. The van der Waals surface area contributed by atoms with Crippen LogP contribution in [-0.2, 0) is 5.41 Å². The molecule has 0 atom stereocenters. The summed E-state index contributed by atoms with van der Waals surface area (Å²) in [7, 11) is 0. The van der Waals surface area contributed by atoms with Crippen molar-refractivity contribution in [1.29, 1.82) is 0 Å². The normalized spacial score (nSPS) is 15.0. The SMILES string of the molecule is Cc1cccc2c1-c1ccc(N(c3ccc(-c4ccc(C5CCCCC5)cc4)cc3)c3ccc4ccccc4c3-c3ccccc3)cc1C2(C)C. The molecule has 7 aromatic rings. The highest BCUT2D eigenvalue weighted by molar-refractivity contribution is 6.05. The second-order valence-electron chi connectivity index (χ2n) is 15.2. The van der Waals surface area contributed by atoms with Gasteiger partial charge in [-0.2, -0.15) is 0 Å². The van der Waals surface area contributed by atoms with Gasteiger partial charge in [0.25, 0.3) is 0 Å². The Morgan fingerprint density at radius 2 is 1.22 bits per heavy atom. The highest BCUT2D eigenvalue weighted by Crippen LogP contribution is 2.52. The number of rotatable bonds is 6. The Hall–Kier alpha value is -5.40. The number of nitrogens with zero attached hydrogens (tertiary/aromatic N) is 1. The molecule has 2 aliphatic rings. The molecule has 0 bridgehead atoms. The van der Waals surface area contributed by atoms with E-state index in [4.69, 9.17) is 0 Å². The highest BCUT2D eigenvalue weighted by Gasteiger charge is 2.37.